The van der Waals surface area contributed by atoms with Crippen molar-refractivity contribution < 1.29 is 13.0 Å². The van der Waals surface area contributed by atoms with Crippen LogP contribution >= 0.6 is 46.4 Å². The Morgan fingerprint density at radius 3 is 2.19 bits per heavy atom. The van der Waals surface area contributed by atoms with Gasteiger partial charge in [0.25, 0.3) is 10.1 Å². The lowest BCUT2D eigenvalue weighted by atomic mass is 10.1. The summed E-state index contributed by atoms with van der Waals surface area (Å²) in [5.74, 6) is 0. The molecule has 0 aliphatic rings. The summed E-state index contributed by atoms with van der Waals surface area (Å²) in [6.45, 7) is 0. The second-order valence-corrected chi connectivity index (χ2v) is 6.40. The molecule has 1 unspecified atom stereocenters. The second kappa shape index (κ2) is 5.29. The molecule has 1 atom stereocenters. The van der Waals surface area contributed by atoms with Gasteiger partial charge in [-0.05, 0) is 11.6 Å². The molecule has 0 saturated carbocycles. The van der Waals surface area contributed by atoms with Gasteiger partial charge < -0.3 is 0 Å². The Kier molecular flexibility index (Phi) is 4.75. The van der Waals surface area contributed by atoms with Crippen molar-refractivity contribution in [2.45, 2.75) is 10.1 Å². The van der Waals surface area contributed by atoms with Crippen LogP contribution in [0.2, 0.25) is 10.0 Å². The molecule has 0 bridgehead atoms. The third kappa shape index (κ3) is 3.15. The molecule has 0 amide bonds. The summed E-state index contributed by atoms with van der Waals surface area (Å²) in [6.07, 6.45) is 0. The van der Waals surface area contributed by atoms with Crippen molar-refractivity contribution in [1.29, 1.82) is 0 Å². The predicted octanol–water partition coefficient (Wildman–Crippen LogP) is 3.73. The minimum absolute atomic E-state index is 0.00177. The molecular weight excluding hydrogens is 318 g/mol. The summed E-state index contributed by atoms with van der Waals surface area (Å²) in [7, 11) is -4.46. The first-order valence-corrected chi connectivity index (χ1v) is 7.06. The van der Waals surface area contributed by atoms with Gasteiger partial charge in [0.15, 0.2) is 0 Å². The third-order valence-corrected chi connectivity index (χ3v) is 4.64. The van der Waals surface area contributed by atoms with Gasteiger partial charge in [-0.3, -0.25) is 4.55 Å². The highest BCUT2D eigenvalue weighted by atomic mass is 35.5. The van der Waals surface area contributed by atoms with Crippen LogP contribution in [0.1, 0.15) is 10.8 Å². The Morgan fingerprint density at radius 1 is 1.19 bits per heavy atom. The summed E-state index contributed by atoms with van der Waals surface area (Å²) in [5.41, 5.74) is 0.0617. The topological polar surface area (TPSA) is 54.4 Å². The monoisotopic (exact) mass is 322 g/mol. The van der Waals surface area contributed by atoms with E-state index >= 15 is 0 Å². The van der Waals surface area contributed by atoms with Gasteiger partial charge in [-0.2, -0.15) is 8.42 Å². The van der Waals surface area contributed by atoms with Gasteiger partial charge in [0.2, 0.25) is 0 Å². The highest BCUT2D eigenvalue weighted by Gasteiger charge is 2.33. The van der Waals surface area contributed by atoms with Gasteiger partial charge >= 0.3 is 0 Å². The van der Waals surface area contributed by atoms with E-state index < -0.39 is 20.2 Å². The van der Waals surface area contributed by atoms with E-state index in [0.717, 1.165) is 0 Å². The molecule has 0 aliphatic heterocycles. The van der Waals surface area contributed by atoms with Crippen molar-refractivity contribution in [3.63, 3.8) is 0 Å². The summed E-state index contributed by atoms with van der Waals surface area (Å²) in [5, 5.41) is -1.37. The molecule has 3 nitrogen and oxygen atoms in total. The van der Waals surface area contributed by atoms with Crippen LogP contribution in [0.25, 0.3) is 0 Å². The minimum Gasteiger partial charge on any atom is -0.285 e. The van der Waals surface area contributed by atoms with Crippen molar-refractivity contribution in [2.75, 3.05) is 0 Å². The average molecular weight is 324 g/mol. The Bertz CT molecular complexity index is 486. The maximum atomic E-state index is 11.1. The van der Waals surface area contributed by atoms with Gasteiger partial charge in [0.1, 0.15) is 10.1 Å². The lowest BCUT2D eigenvalue weighted by molar-refractivity contribution is 0.471. The first kappa shape index (κ1) is 14.4. The van der Waals surface area contributed by atoms with E-state index in [1.165, 1.54) is 18.2 Å². The molecule has 1 N–H and O–H groups in total. The molecule has 16 heavy (non-hydrogen) atoms. The fourth-order valence-corrected chi connectivity index (χ4v) is 3.49. The zero-order valence-corrected chi connectivity index (χ0v) is 11.4. The number of benzene rings is 1. The maximum absolute atomic E-state index is 11.1. The van der Waals surface area contributed by atoms with Crippen LogP contribution in [0.3, 0.4) is 0 Å². The van der Waals surface area contributed by atoms with E-state index in [1.54, 1.807) is 0 Å². The zero-order valence-electron chi connectivity index (χ0n) is 7.57. The zero-order chi connectivity index (χ0) is 12.5. The SMILES string of the molecule is O=S(=O)(O)C(c1cccc(Cl)c1Cl)C(Cl)Cl. The number of hydrogen-bond acceptors (Lipinski definition) is 2. The molecule has 0 radical (unpaired) electrons. The summed E-state index contributed by atoms with van der Waals surface area (Å²) in [6, 6.07) is 4.34. The molecule has 0 spiro atoms. The van der Waals surface area contributed by atoms with Crippen LogP contribution in [-0.4, -0.2) is 17.8 Å². The van der Waals surface area contributed by atoms with E-state index in [-0.39, 0.29) is 15.6 Å². The summed E-state index contributed by atoms with van der Waals surface area (Å²) >= 11 is 22.6. The van der Waals surface area contributed by atoms with Crippen LogP contribution in [0, 0.1) is 0 Å². The fraction of sp³-hybridized carbons (Fsp3) is 0.250. The van der Waals surface area contributed by atoms with Crippen LogP contribution in [0.5, 0.6) is 0 Å². The highest BCUT2D eigenvalue weighted by Crippen LogP contribution is 2.38. The first-order chi connectivity index (χ1) is 7.25. The minimum atomic E-state index is -4.46. The number of hydrogen-bond donors (Lipinski definition) is 1. The molecular formula is C8H6Cl4O3S. The number of halogens is 4. The molecule has 0 fully saturated rings. The Hall–Kier alpha value is 0.290. The van der Waals surface area contributed by atoms with E-state index in [9.17, 15) is 8.42 Å². The highest BCUT2D eigenvalue weighted by molar-refractivity contribution is 7.86. The molecule has 90 valence electrons. The van der Waals surface area contributed by atoms with Crippen LogP contribution in [-0.2, 0) is 10.1 Å². The number of rotatable bonds is 3. The van der Waals surface area contributed by atoms with Crippen molar-refractivity contribution in [2.24, 2.45) is 0 Å². The van der Waals surface area contributed by atoms with Gasteiger partial charge in [0.05, 0.1) is 10.0 Å². The van der Waals surface area contributed by atoms with Crippen molar-refractivity contribution in [3.8, 4) is 0 Å². The average Bonchev–Trinajstić information content (AvgIpc) is 2.09. The molecule has 0 heterocycles. The molecule has 0 aliphatic carbocycles. The van der Waals surface area contributed by atoms with Gasteiger partial charge in [-0.1, -0.05) is 35.3 Å². The van der Waals surface area contributed by atoms with Crippen molar-refractivity contribution >= 4 is 56.5 Å². The van der Waals surface area contributed by atoms with Crippen molar-refractivity contribution in [1.82, 2.24) is 0 Å². The maximum Gasteiger partial charge on any atom is 0.274 e. The van der Waals surface area contributed by atoms with Crippen LogP contribution < -0.4 is 0 Å². The van der Waals surface area contributed by atoms with E-state index in [1.807, 2.05) is 0 Å². The van der Waals surface area contributed by atoms with E-state index in [0.29, 0.717) is 0 Å². The standard InChI is InChI=1S/C8H6Cl4O3S/c9-5-3-1-2-4(6(5)10)7(8(11)12)16(13,14)15/h1-3,7-8H,(H,13,14,15). The van der Waals surface area contributed by atoms with Gasteiger partial charge in [0, 0.05) is 0 Å². The molecule has 0 aromatic heterocycles. The van der Waals surface area contributed by atoms with Gasteiger partial charge in [-0.15, -0.1) is 23.2 Å². The second-order valence-electron chi connectivity index (χ2n) is 2.91. The first-order valence-electron chi connectivity index (χ1n) is 3.93. The molecule has 1 aromatic rings. The molecule has 0 saturated heterocycles. The Labute approximate surface area is 113 Å². The van der Waals surface area contributed by atoms with E-state index in [4.69, 9.17) is 51.0 Å². The smallest absolute Gasteiger partial charge is 0.274 e. The van der Waals surface area contributed by atoms with Crippen molar-refractivity contribution in [3.05, 3.63) is 33.8 Å². The van der Waals surface area contributed by atoms with Gasteiger partial charge in [-0.25, -0.2) is 0 Å². The normalized spacial score (nSPS) is 14.1. The summed E-state index contributed by atoms with van der Waals surface area (Å²) < 4.78 is 31.3. The third-order valence-electron chi connectivity index (χ3n) is 1.84. The molecule has 1 aromatic carbocycles. The largest absolute Gasteiger partial charge is 0.285 e. The van der Waals surface area contributed by atoms with Crippen LogP contribution in [0.15, 0.2) is 18.2 Å². The molecule has 1 rings (SSSR count). The predicted molar refractivity (Wildman–Crippen MR) is 66.2 cm³/mol. The van der Waals surface area contributed by atoms with E-state index in [2.05, 4.69) is 0 Å². The van der Waals surface area contributed by atoms with Crippen LogP contribution in [0.4, 0.5) is 0 Å². The quantitative estimate of drug-likeness (QED) is 0.681. The lowest BCUT2D eigenvalue weighted by Gasteiger charge is -2.16. The lowest BCUT2D eigenvalue weighted by Crippen LogP contribution is -2.18. The summed E-state index contributed by atoms with van der Waals surface area (Å²) in [4.78, 5) is -1.36. The number of alkyl halides is 2. The Morgan fingerprint density at radius 2 is 1.75 bits per heavy atom. The molecule has 8 heteroatoms. The fourth-order valence-electron chi connectivity index (χ4n) is 1.17. The Balaban J connectivity index is 3.39.